The number of hydrogen-bond donors (Lipinski definition) is 0. The van der Waals surface area contributed by atoms with Gasteiger partial charge in [0.2, 0.25) is 0 Å². The van der Waals surface area contributed by atoms with Crippen LogP contribution in [0.5, 0.6) is 0 Å². The summed E-state index contributed by atoms with van der Waals surface area (Å²) in [5.74, 6) is -1.06. The van der Waals surface area contributed by atoms with Crippen molar-refractivity contribution >= 4 is 27.5 Å². The van der Waals surface area contributed by atoms with Gasteiger partial charge in [-0.1, -0.05) is 6.92 Å². The predicted molar refractivity (Wildman–Crippen MR) is 80.0 cm³/mol. The summed E-state index contributed by atoms with van der Waals surface area (Å²) in [6.07, 6.45) is 1.99. The van der Waals surface area contributed by atoms with E-state index in [0.29, 0.717) is 23.2 Å². The Morgan fingerprint density at radius 1 is 1.33 bits per heavy atom. The Morgan fingerprint density at radius 3 is 2.67 bits per heavy atom. The van der Waals surface area contributed by atoms with Crippen molar-refractivity contribution in [1.29, 1.82) is 0 Å². The lowest BCUT2D eigenvalue weighted by molar-refractivity contribution is 0.0893. The third-order valence-corrected chi connectivity index (χ3v) is 3.71. The Kier molecular flexibility index (Phi) is 4.67. The number of carbonyl (C=O) groups excluding carboxylic acids is 2. The first-order chi connectivity index (χ1) is 9.92. The van der Waals surface area contributed by atoms with E-state index in [4.69, 9.17) is 0 Å². The Hall–Kier alpha value is -1.82. The normalized spacial score (nSPS) is 10.7. The molecule has 0 saturated heterocycles. The third kappa shape index (κ3) is 3.44. The van der Waals surface area contributed by atoms with Crippen LogP contribution in [0.25, 0.3) is 0 Å². The molecule has 4 nitrogen and oxygen atoms in total. The lowest BCUT2D eigenvalue weighted by atomic mass is 10.0. The molecule has 0 atom stereocenters. The van der Waals surface area contributed by atoms with Gasteiger partial charge in [0.15, 0.2) is 11.6 Å². The van der Waals surface area contributed by atoms with Crippen LogP contribution in [0.15, 0.2) is 28.9 Å². The molecule has 1 aromatic heterocycles. The van der Waals surface area contributed by atoms with Gasteiger partial charge in [0.25, 0.3) is 0 Å². The topological polar surface area (TPSA) is 52.0 Å². The van der Waals surface area contributed by atoms with E-state index < -0.39 is 5.82 Å². The second-order valence-electron chi connectivity index (χ2n) is 4.67. The van der Waals surface area contributed by atoms with Crippen molar-refractivity contribution in [3.05, 3.63) is 51.5 Å². The fraction of sp³-hybridized carbons (Fsp3) is 0.267. The van der Waals surface area contributed by atoms with E-state index in [1.807, 2.05) is 6.92 Å². The zero-order chi connectivity index (χ0) is 15.6. The van der Waals surface area contributed by atoms with Crippen molar-refractivity contribution < 1.29 is 14.0 Å². The number of aromatic nitrogens is 2. The number of carbonyl (C=O) groups is 2. The van der Waals surface area contributed by atoms with Crippen molar-refractivity contribution in [2.75, 3.05) is 0 Å². The van der Waals surface area contributed by atoms with Crippen molar-refractivity contribution in [2.45, 2.75) is 19.8 Å². The molecule has 0 bridgehead atoms. The average Bonchev–Trinajstić information content (AvgIpc) is 2.83. The molecule has 1 aromatic carbocycles. The Labute approximate surface area is 130 Å². The molecule has 0 spiro atoms. The zero-order valence-corrected chi connectivity index (χ0v) is 13.3. The smallest absolute Gasteiger partial charge is 0.174 e. The second-order valence-corrected chi connectivity index (χ2v) is 5.52. The summed E-state index contributed by atoms with van der Waals surface area (Å²) in [6, 6.07) is 3.96. The summed E-state index contributed by atoms with van der Waals surface area (Å²) < 4.78 is 14.9. The van der Waals surface area contributed by atoms with E-state index in [1.165, 1.54) is 18.2 Å². The minimum absolute atomic E-state index is 0.205. The lowest BCUT2D eigenvalue weighted by Gasteiger charge is -2.02. The van der Waals surface area contributed by atoms with Crippen molar-refractivity contribution in [3.63, 3.8) is 0 Å². The standard InChI is InChI=1S/C15H14BrFN2O2/c1-3-13-10(8-19(2)18-13)15(21)7-14(20)9-4-5-12(17)11(16)6-9/h4-6,8H,3,7H2,1-2H3. The second kappa shape index (κ2) is 6.30. The minimum atomic E-state index is -0.446. The molecule has 6 heteroatoms. The number of rotatable bonds is 5. The van der Waals surface area contributed by atoms with E-state index >= 15 is 0 Å². The van der Waals surface area contributed by atoms with Crippen LogP contribution in [0, 0.1) is 5.82 Å². The average molecular weight is 353 g/mol. The summed E-state index contributed by atoms with van der Waals surface area (Å²) in [5, 5.41) is 4.18. The largest absolute Gasteiger partial charge is 0.294 e. The molecular formula is C15H14BrFN2O2. The number of nitrogens with zero attached hydrogens (tertiary/aromatic N) is 2. The molecule has 1 heterocycles. The van der Waals surface area contributed by atoms with Gasteiger partial charge in [0, 0.05) is 18.8 Å². The first-order valence-corrected chi connectivity index (χ1v) is 7.25. The molecule has 0 saturated carbocycles. The summed E-state index contributed by atoms with van der Waals surface area (Å²) in [5.41, 5.74) is 1.45. The van der Waals surface area contributed by atoms with Gasteiger partial charge >= 0.3 is 0 Å². The van der Waals surface area contributed by atoms with Gasteiger partial charge in [-0.05, 0) is 40.5 Å². The Balaban J connectivity index is 2.18. The van der Waals surface area contributed by atoms with Crippen LogP contribution in [0.3, 0.4) is 0 Å². The molecule has 0 radical (unpaired) electrons. The molecule has 0 amide bonds. The van der Waals surface area contributed by atoms with Gasteiger partial charge in [-0.25, -0.2) is 4.39 Å². The number of hydrogen-bond acceptors (Lipinski definition) is 3. The summed E-state index contributed by atoms with van der Waals surface area (Å²) in [4.78, 5) is 24.3. The molecule has 0 aliphatic rings. The highest BCUT2D eigenvalue weighted by Crippen LogP contribution is 2.19. The maximum absolute atomic E-state index is 13.2. The van der Waals surface area contributed by atoms with Gasteiger partial charge in [-0.15, -0.1) is 0 Å². The number of aryl methyl sites for hydroxylation is 2. The molecule has 0 aliphatic heterocycles. The van der Waals surface area contributed by atoms with Gasteiger partial charge in [-0.2, -0.15) is 5.10 Å². The predicted octanol–water partition coefficient (Wildman–Crippen LogP) is 3.34. The monoisotopic (exact) mass is 352 g/mol. The fourth-order valence-electron chi connectivity index (χ4n) is 2.04. The van der Waals surface area contributed by atoms with Crippen LogP contribution in [0.4, 0.5) is 4.39 Å². The van der Waals surface area contributed by atoms with Crippen LogP contribution in [0.1, 0.15) is 39.8 Å². The highest BCUT2D eigenvalue weighted by molar-refractivity contribution is 9.10. The SMILES string of the molecule is CCc1nn(C)cc1C(=O)CC(=O)c1ccc(F)c(Br)c1. The first-order valence-electron chi connectivity index (χ1n) is 6.46. The Morgan fingerprint density at radius 2 is 2.05 bits per heavy atom. The first kappa shape index (κ1) is 15.6. The molecule has 0 N–H and O–H groups in total. The molecule has 2 rings (SSSR count). The van der Waals surface area contributed by atoms with Gasteiger partial charge in [0.1, 0.15) is 5.82 Å². The molecule has 2 aromatic rings. The van der Waals surface area contributed by atoms with Crippen LogP contribution in [-0.4, -0.2) is 21.3 Å². The fourth-order valence-corrected chi connectivity index (χ4v) is 2.42. The van der Waals surface area contributed by atoms with E-state index in [2.05, 4.69) is 21.0 Å². The molecule has 0 fully saturated rings. The van der Waals surface area contributed by atoms with Gasteiger partial charge in [-0.3, -0.25) is 14.3 Å². The molecule has 110 valence electrons. The molecule has 0 unspecified atom stereocenters. The maximum atomic E-state index is 13.2. The molecule has 21 heavy (non-hydrogen) atoms. The summed E-state index contributed by atoms with van der Waals surface area (Å²) in [6.45, 7) is 1.90. The van der Waals surface area contributed by atoms with Crippen LogP contribution in [0.2, 0.25) is 0 Å². The lowest BCUT2D eigenvalue weighted by Crippen LogP contribution is -2.10. The number of benzene rings is 1. The zero-order valence-electron chi connectivity index (χ0n) is 11.7. The van der Waals surface area contributed by atoms with Crippen molar-refractivity contribution in [3.8, 4) is 0 Å². The van der Waals surface area contributed by atoms with E-state index in [1.54, 1.807) is 17.9 Å². The van der Waals surface area contributed by atoms with E-state index in [-0.39, 0.29) is 22.5 Å². The van der Waals surface area contributed by atoms with Gasteiger partial charge < -0.3 is 0 Å². The highest BCUT2D eigenvalue weighted by Gasteiger charge is 2.19. The van der Waals surface area contributed by atoms with Crippen LogP contribution >= 0.6 is 15.9 Å². The van der Waals surface area contributed by atoms with Crippen molar-refractivity contribution in [2.24, 2.45) is 7.05 Å². The van der Waals surface area contributed by atoms with Crippen LogP contribution in [-0.2, 0) is 13.5 Å². The highest BCUT2D eigenvalue weighted by atomic mass is 79.9. The summed E-state index contributed by atoms with van der Waals surface area (Å²) in [7, 11) is 1.73. The van der Waals surface area contributed by atoms with E-state index in [9.17, 15) is 14.0 Å². The van der Waals surface area contributed by atoms with E-state index in [0.717, 1.165) is 0 Å². The van der Waals surface area contributed by atoms with Gasteiger partial charge in [0.05, 0.1) is 22.2 Å². The number of halogens is 2. The molecule has 0 aliphatic carbocycles. The maximum Gasteiger partial charge on any atom is 0.174 e. The third-order valence-electron chi connectivity index (χ3n) is 3.10. The summed E-state index contributed by atoms with van der Waals surface area (Å²) >= 11 is 3.03. The number of ketones is 2. The number of Topliss-reactive ketones (excluding diaryl/α,β-unsaturated/α-hetero) is 2. The Bertz CT molecular complexity index is 710. The minimum Gasteiger partial charge on any atom is -0.294 e. The molecular weight excluding hydrogens is 339 g/mol. The van der Waals surface area contributed by atoms with Crippen molar-refractivity contribution in [1.82, 2.24) is 9.78 Å². The van der Waals surface area contributed by atoms with Crippen LogP contribution < -0.4 is 0 Å². The quantitative estimate of drug-likeness (QED) is 0.612.